The molecule has 0 aromatic carbocycles. The molecule has 0 heterocycles. The molecule has 0 fully saturated rings. The van der Waals surface area contributed by atoms with Crippen LogP contribution in [0.15, 0.2) is 0 Å². The van der Waals surface area contributed by atoms with Crippen molar-refractivity contribution in [3.63, 3.8) is 0 Å². The van der Waals surface area contributed by atoms with Gasteiger partial charge in [-0.1, -0.05) is 26.7 Å². The van der Waals surface area contributed by atoms with Gasteiger partial charge < -0.3 is 5.32 Å². The summed E-state index contributed by atoms with van der Waals surface area (Å²) < 4.78 is 26.1. The molecule has 0 amide bonds. The fourth-order valence-electron chi connectivity index (χ4n) is 1.70. The van der Waals surface area contributed by atoms with Gasteiger partial charge in [0, 0.05) is 6.04 Å². The maximum atomic E-state index is 11.7. The van der Waals surface area contributed by atoms with Gasteiger partial charge in [0.1, 0.15) is 0 Å². The van der Waals surface area contributed by atoms with Gasteiger partial charge in [0.05, 0.1) is 5.75 Å². The molecule has 5 heteroatoms. The molecule has 1 atom stereocenters. The van der Waals surface area contributed by atoms with E-state index in [-0.39, 0.29) is 11.8 Å². The molecule has 2 N–H and O–H groups in total. The first-order valence-corrected chi connectivity index (χ1v) is 8.17. The van der Waals surface area contributed by atoms with Crippen LogP contribution >= 0.6 is 0 Å². The lowest BCUT2D eigenvalue weighted by Crippen LogP contribution is -2.35. The molecule has 0 aromatic heterocycles. The molecular formula is C12H28N2O2S. The molecule has 4 nitrogen and oxygen atoms in total. The second-order valence-electron chi connectivity index (χ2n) is 5.12. The van der Waals surface area contributed by atoms with Gasteiger partial charge in [-0.15, -0.1) is 0 Å². The van der Waals surface area contributed by atoms with Gasteiger partial charge in [0.2, 0.25) is 10.0 Å². The van der Waals surface area contributed by atoms with E-state index in [1.54, 1.807) is 0 Å². The number of rotatable bonds is 10. The maximum absolute atomic E-state index is 11.7. The van der Waals surface area contributed by atoms with E-state index < -0.39 is 10.0 Å². The fourth-order valence-corrected chi connectivity index (χ4v) is 3.07. The van der Waals surface area contributed by atoms with Gasteiger partial charge in [-0.25, -0.2) is 13.1 Å². The Labute approximate surface area is 107 Å². The molecule has 0 spiro atoms. The van der Waals surface area contributed by atoms with Gasteiger partial charge in [0.15, 0.2) is 0 Å². The zero-order chi connectivity index (χ0) is 13.3. The quantitative estimate of drug-likeness (QED) is 0.591. The van der Waals surface area contributed by atoms with Gasteiger partial charge in [-0.2, -0.15) is 0 Å². The molecule has 0 aliphatic heterocycles. The molecule has 104 valence electrons. The van der Waals surface area contributed by atoms with E-state index in [0.717, 1.165) is 25.8 Å². The SMILES string of the molecule is CNCCCS(=O)(=O)NC(C)CCCC(C)C. The normalized spacial score (nSPS) is 14.2. The van der Waals surface area contributed by atoms with Crippen molar-refractivity contribution in [2.24, 2.45) is 5.92 Å². The van der Waals surface area contributed by atoms with Crippen LogP contribution in [0.5, 0.6) is 0 Å². The predicted molar refractivity (Wildman–Crippen MR) is 73.6 cm³/mol. The van der Waals surface area contributed by atoms with Crippen LogP contribution in [0.4, 0.5) is 0 Å². The topological polar surface area (TPSA) is 58.2 Å². The summed E-state index contributed by atoms with van der Waals surface area (Å²) in [7, 11) is -1.27. The molecule has 0 aliphatic rings. The standard InChI is InChI=1S/C12H28N2O2S/c1-11(2)7-5-8-12(3)14-17(15,16)10-6-9-13-4/h11-14H,5-10H2,1-4H3. The van der Waals surface area contributed by atoms with E-state index in [1.165, 1.54) is 0 Å². The first-order chi connectivity index (χ1) is 7.87. The van der Waals surface area contributed by atoms with Crippen LogP contribution in [-0.2, 0) is 10.0 Å². The van der Waals surface area contributed by atoms with Gasteiger partial charge in [0.25, 0.3) is 0 Å². The average Bonchev–Trinajstić information content (AvgIpc) is 2.16. The Morgan fingerprint density at radius 1 is 1.06 bits per heavy atom. The minimum Gasteiger partial charge on any atom is -0.320 e. The third-order valence-electron chi connectivity index (χ3n) is 2.64. The fraction of sp³-hybridized carbons (Fsp3) is 1.00. The average molecular weight is 264 g/mol. The largest absolute Gasteiger partial charge is 0.320 e. The molecule has 0 radical (unpaired) electrons. The molecule has 0 rings (SSSR count). The molecule has 0 aliphatic carbocycles. The van der Waals surface area contributed by atoms with Gasteiger partial charge in [-0.3, -0.25) is 0 Å². The molecule has 0 bridgehead atoms. The van der Waals surface area contributed by atoms with E-state index in [9.17, 15) is 8.42 Å². The summed E-state index contributed by atoms with van der Waals surface area (Å²) in [6, 6.07) is 0.0494. The highest BCUT2D eigenvalue weighted by molar-refractivity contribution is 7.89. The van der Waals surface area contributed by atoms with E-state index in [4.69, 9.17) is 0 Å². The van der Waals surface area contributed by atoms with Crippen LogP contribution in [0.2, 0.25) is 0 Å². The zero-order valence-corrected chi connectivity index (χ0v) is 12.4. The first-order valence-electron chi connectivity index (χ1n) is 6.52. The van der Waals surface area contributed by atoms with E-state index >= 15 is 0 Å². The van der Waals surface area contributed by atoms with Crippen LogP contribution in [0.25, 0.3) is 0 Å². The molecule has 1 unspecified atom stereocenters. The molecule has 0 aromatic rings. The lowest BCUT2D eigenvalue weighted by molar-refractivity contribution is 0.488. The summed E-state index contributed by atoms with van der Waals surface area (Å²) >= 11 is 0. The Kier molecular flexibility index (Phi) is 8.82. The Hall–Kier alpha value is -0.130. The van der Waals surface area contributed by atoms with Crippen LogP contribution in [0.3, 0.4) is 0 Å². The summed E-state index contributed by atoms with van der Waals surface area (Å²) in [6.07, 6.45) is 3.82. The van der Waals surface area contributed by atoms with Crippen molar-refractivity contribution in [1.82, 2.24) is 10.0 Å². The Morgan fingerprint density at radius 2 is 1.71 bits per heavy atom. The number of hydrogen-bond donors (Lipinski definition) is 2. The highest BCUT2D eigenvalue weighted by Gasteiger charge is 2.13. The lowest BCUT2D eigenvalue weighted by atomic mass is 10.0. The summed E-state index contributed by atoms with van der Waals surface area (Å²) in [6.45, 7) is 7.05. The van der Waals surface area contributed by atoms with E-state index in [1.807, 2.05) is 14.0 Å². The van der Waals surface area contributed by atoms with Crippen molar-refractivity contribution < 1.29 is 8.42 Å². The van der Waals surface area contributed by atoms with Crippen LogP contribution in [0.1, 0.15) is 46.5 Å². The summed E-state index contributed by atoms with van der Waals surface area (Å²) in [5, 5.41) is 2.95. The van der Waals surface area contributed by atoms with Crippen LogP contribution in [-0.4, -0.2) is 33.8 Å². The number of hydrogen-bond acceptors (Lipinski definition) is 3. The highest BCUT2D eigenvalue weighted by Crippen LogP contribution is 2.08. The predicted octanol–water partition coefficient (Wildman–Crippen LogP) is 1.73. The highest BCUT2D eigenvalue weighted by atomic mass is 32.2. The Balaban J connectivity index is 3.80. The van der Waals surface area contributed by atoms with Crippen molar-refractivity contribution in [2.45, 2.75) is 52.5 Å². The van der Waals surface area contributed by atoms with Crippen molar-refractivity contribution in [1.29, 1.82) is 0 Å². The number of sulfonamides is 1. The van der Waals surface area contributed by atoms with Crippen molar-refractivity contribution in [2.75, 3.05) is 19.3 Å². The maximum Gasteiger partial charge on any atom is 0.211 e. The van der Waals surface area contributed by atoms with Crippen LogP contribution in [0, 0.1) is 5.92 Å². The third-order valence-corrected chi connectivity index (χ3v) is 4.23. The van der Waals surface area contributed by atoms with Gasteiger partial charge in [-0.05, 0) is 39.3 Å². The lowest BCUT2D eigenvalue weighted by Gasteiger charge is -2.14. The molecule has 17 heavy (non-hydrogen) atoms. The van der Waals surface area contributed by atoms with Crippen LogP contribution < -0.4 is 10.0 Å². The van der Waals surface area contributed by atoms with Crippen molar-refractivity contribution >= 4 is 10.0 Å². The minimum absolute atomic E-state index is 0.0494. The smallest absolute Gasteiger partial charge is 0.211 e. The first kappa shape index (κ1) is 16.9. The number of nitrogens with one attached hydrogen (secondary N) is 2. The van der Waals surface area contributed by atoms with Gasteiger partial charge >= 0.3 is 0 Å². The summed E-state index contributed by atoms with van der Waals surface area (Å²) in [4.78, 5) is 0. The van der Waals surface area contributed by atoms with E-state index in [0.29, 0.717) is 12.3 Å². The minimum atomic E-state index is -3.09. The zero-order valence-electron chi connectivity index (χ0n) is 11.6. The monoisotopic (exact) mass is 264 g/mol. The summed E-state index contributed by atoms with van der Waals surface area (Å²) in [5.41, 5.74) is 0. The van der Waals surface area contributed by atoms with E-state index in [2.05, 4.69) is 23.9 Å². The Bertz CT molecular complexity index is 276. The summed E-state index contributed by atoms with van der Waals surface area (Å²) in [5.74, 6) is 0.900. The third kappa shape index (κ3) is 10.7. The van der Waals surface area contributed by atoms with Crippen molar-refractivity contribution in [3.8, 4) is 0 Å². The Morgan fingerprint density at radius 3 is 2.24 bits per heavy atom. The molecule has 0 saturated heterocycles. The molecule has 0 saturated carbocycles. The second kappa shape index (κ2) is 8.89. The molecular weight excluding hydrogens is 236 g/mol. The second-order valence-corrected chi connectivity index (χ2v) is 6.99. The van der Waals surface area contributed by atoms with Crippen molar-refractivity contribution in [3.05, 3.63) is 0 Å².